The molecule has 0 saturated carbocycles. The summed E-state index contributed by atoms with van der Waals surface area (Å²) in [6, 6.07) is 6.47. The highest BCUT2D eigenvalue weighted by molar-refractivity contribution is 9.10. The Bertz CT molecular complexity index is 380. The van der Waals surface area contributed by atoms with Crippen LogP contribution in [0.1, 0.15) is 24.0 Å². The third-order valence-corrected chi connectivity index (χ3v) is 4.23. The molecule has 1 aliphatic rings. The van der Waals surface area contributed by atoms with Crippen molar-refractivity contribution < 1.29 is 5.11 Å². The highest BCUT2D eigenvalue weighted by Gasteiger charge is 2.32. The van der Waals surface area contributed by atoms with Crippen molar-refractivity contribution in [1.82, 2.24) is 0 Å². The van der Waals surface area contributed by atoms with Gasteiger partial charge in [0.25, 0.3) is 0 Å². The molecule has 1 aromatic rings. The molecule has 3 heteroatoms. The van der Waals surface area contributed by atoms with Crippen molar-refractivity contribution >= 4 is 15.9 Å². The Morgan fingerprint density at radius 2 is 2.19 bits per heavy atom. The van der Waals surface area contributed by atoms with E-state index in [1.54, 1.807) is 0 Å². The van der Waals surface area contributed by atoms with Crippen molar-refractivity contribution in [2.24, 2.45) is 11.1 Å². The number of benzene rings is 1. The van der Waals surface area contributed by atoms with Gasteiger partial charge in [0, 0.05) is 11.1 Å². The highest BCUT2D eigenvalue weighted by Crippen LogP contribution is 2.38. The van der Waals surface area contributed by atoms with E-state index in [9.17, 15) is 0 Å². The van der Waals surface area contributed by atoms with Gasteiger partial charge in [-0.05, 0) is 60.9 Å². The first-order chi connectivity index (χ1) is 7.69. The maximum absolute atomic E-state index is 9.14. The fourth-order valence-corrected chi connectivity index (χ4v) is 3.03. The monoisotopic (exact) mass is 283 g/mol. The van der Waals surface area contributed by atoms with Crippen molar-refractivity contribution in [3.8, 4) is 0 Å². The molecule has 0 saturated heterocycles. The first-order valence-corrected chi connectivity index (χ1v) is 6.57. The van der Waals surface area contributed by atoms with Crippen LogP contribution < -0.4 is 5.73 Å². The Morgan fingerprint density at radius 1 is 1.38 bits per heavy atom. The van der Waals surface area contributed by atoms with Crippen LogP contribution in [0.25, 0.3) is 0 Å². The molecule has 2 rings (SSSR count). The van der Waals surface area contributed by atoms with Crippen molar-refractivity contribution in [1.29, 1.82) is 0 Å². The second-order valence-electron chi connectivity index (χ2n) is 4.77. The van der Waals surface area contributed by atoms with Crippen LogP contribution in [0.2, 0.25) is 0 Å². The lowest BCUT2D eigenvalue weighted by Gasteiger charge is -2.37. The fraction of sp³-hybridized carbons (Fsp3) is 0.538. The molecule has 1 atom stereocenters. The summed E-state index contributed by atoms with van der Waals surface area (Å²) >= 11 is 3.50. The second kappa shape index (κ2) is 4.86. The van der Waals surface area contributed by atoms with E-state index in [1.165, 1.54) is 11.1 Å². The van der Waals surface area contributed by atoms with Crippen molar-refractivity contribution in [2.45, 2.75) is 25.7 Å². The Kier molecular flexibility index (Phi) is 3.67. The molecule has 0 bridgehead atoms. The quantitative estimate of drug-likeness (QED) is 0.894. The molecule has 0 fully saturated rings. The van der Waals surface area contributed by atoms with E-state index < -0.39 is 0 Å². The topological polar surface area (TPSA) is 46.2 Å². The minimum Gasteiger partial charge on any atom is -0.396 e. The summed E-state index contributed by atoms with van der Waals surface area (Å²) in [5.74, 6) is 0. The summed E-state index contributed by atoms with van der Waals surface area (Å²) in [6.07, 6.45) is 3.99. The Hall–Kier alpha value is -0.380. The zero-order valence-electron chi connectivity index (χ0n) is 9.38. The number of aryl methyl sites for hydroxylation is 1. The molecule has 0 spiro atoms. The summed E-state index contributed by atoms with van der Waals surface area (Å²) in [6.45, 7) is 0.909. The molecule has 2 nitrogen and oxygen atoms in total. The molecule has 3 N–H and O–H groups in total. The van der Waals surface area contributed by atoms with Gasteiger partial charge >= 0.3 is 0 Å². The molecule has 88 valence electrons. The zero-order chi connectivity index (χ0) is 11.6. The van der Waals surface area contributed by atoms with Gasteiger partial charge in [-0.3, -0.25) is 0 Å². The minimum atomic E-state index is 0.121. The van der Waals surface area contributed by atoms with E-state index in [4.69, 9.17) is 10.8 Å². The number of halogens is 1. The van der Waals surface area contributed by atoms with Crippen LogP contribution in [0.4, 0.5) is 0 Å². The van der Waals surface area contributed by atoms with E-state index in [-0.39, 0.29) is 12.0 Å². The van der Waals surface area contributed by atoms with E-state index >= 15 is 0 Å². The third kappa shape index (κ3) is 2.31. The molecule has 0 aliphatic heterocycles. The molecule has 16 heavy (non-hydrogen) atoms. The molecule has 1 unspecified atom stereocenters. The van der Waals surface area contributed by atoms with Gasteiger partial charge in [0.2, 0.25) is 0 Å². The first kappa shape index (κ1) is 12.1. The van der Waals surface area contributed by atoms with Gasteiger partial charge in [-0.1, -0.05) is 22.0 Å². The number of nitrogens with two attached hydrogens (primary N) is 1. The van der Waals surface area contributed by atoms with Crippen LogP contribution in [-0.2, 0) is 12.8 Å². The Morgan fingerprint density at radius 3 is 2.88 bits per heavy atom. The van der Waals surface area contributed by atoms with Gasteiger partial charge in [0.05, 0.1) is 0 Å². The lowest BCUT2D eigenvalue weighted by molar-refractivity contribution is 0.167. The van der Waals surface area contributed by atoms with E-state index in [2.05, 4.69) is 34.1 Å². The predicted octanol–water partition coefficient (Wildman–Crippen LogP) is 2.27. The molecule has 0 amide bonds. The minimum absolute atomic E-state index is 0.121. The van der Waals surface area contributed by atoms with Gasteiger partial charge in [-0.2, -0.15) is 0 Å². The number of aliphatic hydroxyl groups excluding tert-OH is 1. The molecular formula is C13H18BrNO. The van der Waals surface area contributed by atoms with Crippen LogP contribution >= 0.6 is 15.9 Å². The number of fused-ring (bicyclic) bond motifs is 1. The van der Waals surface area contributed by atoms with Crippen LogP contribution in [-0.4, -0.2) is 18.3 Å². The summed E-state index contributed by atoms with van der Waals surface area (Å²) in [5.41, 5.74) is 8.84. The molecule has 0 aromatic heterocycles. The first-order valence-electron chi connectivity index (χ1n) is 5.77. The van der Waals surface area contributed by atoms with Gasteiger partial charge in [-0.25, -0.2) is 0 Å². The molecular weight excluding hydrogens is 266 g/mol. The Labute approximate surface area is 105 Å². The van der Waals surface area contributed by atoms with Crippen molar-refractivity contribution in [3.63, 3.8) is 0 Å². The van der Waals surface area contributed by atoms with Gasteiger partial charge < -0.3 is 10.8 Å². The summed E-state index contributed by atoms with van der Waals surface area (Å²) in [5, 5.41) is 9.14. The van der Waals surface area contributed by atoms with E-state index in [0.717, 1.165) is 30.2 Å². The summed E-state index contributed by atoms with van der Waals surface area (Å²) in [7, 11) is 0. The number of hydrogen-bond acceptors (Lipinski definition) is 2. The molecule has 1 aliphatic carbocycles. The zero-order valence-corrected chi connectivity index (χ0v) is 11.0. The SMILES string of the molecule is NCC1(CCO)CCc2cc(Br)ccc2C1. The standard InChI is InChI=1S/C13H18BrNO/c14-12-2-1-11-8-13(9-15,5-6-16)4-3-10(11)7-12/h1-2,7,16H,3-6,8-9,15H2. The molecule has 1 aromatic carbocycles. The van der Waals surface area contributed by atoms with Crippen molar-refractivity contribution in [2.75, 3.05) is 13.2 Å². The third-order valence-electron chi connectivity index (χ3n) is 3.73. The van der Waals surface area contributed by atoms with Crippen LogP contribution in [0.5, 0.6) is 0 Å². The molecule has 0 heterocycles. The van der Waals surface area contributed by atoms with Crippen LogP contribution in [0, 0.1) is 5.41 Å². The maximum Gasteiger partial charge on any atom is 0.0436 e. The average Bonchev–Trinajstić information content (AvgIpc) is 2.30. The predicted molar refractivity (Wildman–Crippen MR) is 69.4 cm³/mol. The lowest BCUT2D eigenvalue weighted by atomic mass is 9.70. The Balaban J connectivity index is 2.25. The van der Waals surface area contributed by atoms with Crippen molar-refractivity contribution in [3.05, 3.63) is 33.8 Å². The smallest absolute Gasteiger partial charge is 0.0436 e. The average molecular weight is 284 g/mol. The summed E-state index contributed by atoms with van der Waals surface area (Å²) < 4.78 is 1.15. The van der Waals surface area contributed by atoms with Gasteiger partial charge in [0.1, 0.15) is 0 Å². The van der Waals surface area contributed by atoms with E-state index in [0.29, 0.717) is 6.54 Å². The number of hydrogen-bond donors (Lipinski definition) is 2. The maximum atomic E-state index is 9.14. The number of aliphatic hydroxyl groups is 1. The fourth-order valence-electron chi connectivity index (χ4n) is 2.62. The molecule has 0 radical (unpaired) electrons. The summed E-state index contributed by atoms with van der Waals surface area (Å²) in [4.78, 5) is 0. The lowest BCUT2D eigenvalue weighted by Crippen LogP contribution is -2.37. The van der Waals surface area contributed by atoms with Gasteiger partial charge in [-0.15, -0.1) is 0 Å². The van der Waals surface area contributed by atoms with Crippen LogP contribution in [0.3, 0.4) is 0 Å². The number of rotatable bonds is 3. The second-order valence-corrected chi connectivity index (χ2v) is 5.68. The van der Waals surface area contributed by atoms with Crippen LogP contribution in [0.15, 0.2) is 22.7 Å². The normalized spacial score (nSPS) is 24.2. The van der Waals surface area contributed by atoms with E-state index in [1.807, 2.05) is 0 Å². The van der Waals surface area contributed by atoms with Gasteiger partial charge in [0.15, 0.2) is 0 Å². The largest absolute Gasteiger partial charge is 0.396 e. The highest BCUT2D eigenvalue weighted by atomic mass is 79.9.